The summed E-state index contributed by atoms with van der Waals surface area (Å²) in [5.74, 6) is 0. The molecular formula is C20H36Cl2N2. The summed E-state index contributed by atoms with van der Waals surface area (Å²) in [5.41, 5.74) is 3.18. The summed E-state index contributed by atoms with van der Waals surface area (Å²) in [6.45, 7) is 13.8. The van der Waals surface area contributed by atoms with Gasteiger partial charge in [0.25, 0.3) is 0 Å². The highest BCUT2D eigenvalue weighted by atomic mass is 35.5. The number of halogens is 2. The Bertz CT molecular complexity index is 434. The molecule has 2 nitrogen and oxygen atoms in total. The Morgan fingerprint density at radius 2 is 1.58 bits per heavy atom. The lowest BCUT2D eigenvalue weighted by Gasteiger charge is -2.35. The Labute approximate surface area is 161 Å². The Morgan fingerprint density at radius 1 is 1.00 bits per heavy atom. The second-order valence-corrected chi connectivity index (χ2v) is 7.67. The van der Waals surface area contributed by atoms with Gasteiger partial charge in [-0.25, -0.2) is 0 Å². The molecule has 2 rings (SSSR count). The van der Waals surface area contributed by atoms with Crippen molar-refractivity contribution in [1.29, 1.82) is 0 Å². The van der Waals surface area contributed by atoms with E-state index in [1.165, 1.54) is 49.9 Å². The third-order valence-electron chi connectivity index (χ3n) is 4.83. The number of nitrogens with one attached hydrogen (secondary N) is 1. The van der Waals surface area contributed by atoms with E-state index >= 15 is 0 Å². The van der Waals surface area contributed by atoms with Crippen LogP contribution >= 0.6 is 24.8 Å². The van der Waals surface area contributed by atoms with Crippen LogP contribution in [0.1, 0.15) is 70.5 Å². The number of hydrogen-bond acceptors (Lipinski definition) is 2. The second kappa shape index (κ2) is 11.4. The summed E-state index contributed by atoms with van der Waals surface area (Å²) in [6.07, 6.45) is 5.29. The van der Waals surface area contributed by atoms with Gasteiger partial charge in [-0.3, -0.25) is 4.90 Å². The molecule has 1 aromatic rings. The Kier molecular flexibility index (Phi) is 11.2. The van der Waals surface area contributed by atoms with Crippen molar-refractivity contribution in [1.82, 2.24) is 10.2 Å². The molecule has 1 heterocycles. The highest BCUT2D eigenvalue weighted by molar-refractivity contribution is 5.85. The summed E-state index contributed by atoms with van der Waals surface area (Å²) in [6, 6.07) is 10.0. The van der Waals surface area contributed by atoms with Crippen LogP contribution in [0.4, 0.5) is 0 Å². The van der Waals surface area contributed by atoms with Crippen molar-refractivity contribution < 1.29 is 0 Å². The van der Waals surface area contributed by atoms with Gasteiger partial charge in [0.2, 0.25) is 0 Å². The molecule has 1 aliphatic heterocycles. The zero-order valence-electron chi connectivity index (χ0n) is 15.8. The zero-order chi connectivity index (χ0) is 16.0. The molecule has 0 radical (unpaired) electrons. The van der Waals surface area contributed by atoms with E-state index in [9.17, 15) is 0 Å². The van der Waals surface area contributed by atoms with E-state index in [1.54, 1.807) is 0 Å². The normalized spacial score (nSPS) is 16.8. The van der Waals surface area contributed by atoms with Gasteiger partial charge in [-0.1, -0.05) is 71.2 Å². The third kappa shape index (κ3) is 6.92. The first-order valence-electron chi connectivity index (χ1n) is 9.07. The average molecular weight is 375 g/mol. The van der Waals surface area contributed by atoms with Gasteiger partial charge in [0.05, 0.1) is 0 Å². The quantitative estimate of drug-likeness (QED) is 0.674. The lowest BCUT2D eigenvalue weighted by atomic mass is 9.85. The van der Waals surface area contributed by atoms with E-state index in [-0.39, 0.29) is 30.2 Å². The van der Waals surface area contributed by atoms with E-state index in [0.29, 0.717) is 6.04 Å². The molecule has 1 aromatic carbocycles. The molecule has 140 valence electrons. The van der Waals surface area contributed by atoms with Gasteiger partial charge in [0.15, 0.2) is 0 Å². The van der Waals surface area contributed by atoms with Gasteiger partial charge in [-0.2, -0.15) is 0 Å². The maximum atomic E-state index is 3.48. The van der Waals surface area contributed by atoms with E-state index in [0.717, 1.165) is 13.1 Å². The predicted octanol–water partition coefficient (Wildman–Crippen LogP) is 5.35. The monoisotopic (exact) mass is 374 g/mol. The van der Waals surface area contributed by atoms with Gasteiger partial charge in [-0.15, -0.1) is 24.8 Å². The van der Waals surface area contributed by atoms with Crippen LogP contribution in [0.15, 0.2) is 24.3 Å². The van der Waals surface area contributed by atoms with Gasteiger partial charge < -0.3 is 5.32 Å². The van der Waals surface area contributed by atoms with Crippen molar-refractivity contribution in [2.24, 2.45) is 0 Å². The molecule has 1 saturated heterocycles. The third-order valence-corrected chi connectivity index (χ3v) is 4.83. The summed E-state index contributed by atoms with van der Waals surface area (Å²) >= 11 is 0. The first-order valence-corrected chi connectivity index (χ1v) is 9.07. The summed E-state index contributed by atoms with van der Waals surface area (Å²) in [5, 5.41) is 3.48. The minimum atomic E-state index is 0. The van der Waals surface area contributed by atoms with E-state index in [2.05, 4.69) is 62.2 Å². The topological polar surface area (TPSA) is 15.3 Å². The van der Waals surface area contributed by atoms with Crippen LogP contribution in [0, 0.1) is 0 Å². The smallest absolute Gasteiger partial charge is 0.0349 e. The maximum absolute atomic E-state index is 3.48. The Balaban J connectivity index is 0.00000264. The SMILES string of the molecule is CCCCC[C@@H](c1ccc(C(C)(C)C)cc1)N1CCNCC1.Cl.Cl. The minimum Gasteiger partial charge on any atom is -0.314 e. The summed E-state index contributed by atoms with van der Waals surface area (Å²) in [7, 11) is 0. The molecule has 4 heteroatoms. The predicted molar refractivity (Wildman–Crippen MR) is 111 cm³/mol. The van der Waals surface area contributed by atoms with Crippen LogP contribution in [0.2, 0.25) is 0 Å². The highest BCUT2D eigenvalue weighted by Crippen LogP contribution is 2.29. The minimum absolute atomic E-state index is 0. The Morgan fingerprint density at radius 3 is 2.08 bits per heavy atom. The molecular weight excluding hydrogens is 339 g/mol. The zero-order valence-corrected chi connectivity index (χ0v) is 17.4. The van der Waals surface area contributed by atoms with Crippen molar-refractivity contribution in [2.45, 2.75) is 64.8 Å². The van der Waals surface area contributed by atoms with E-state index < -0.39 is 0 Å². The molecule has 1 aliphatic rings. The molecule has 0 amide bonds. The fourth-order valence-corrected chi connectivity index (χ4v) is 3.35. The number of nitrogens with zero attached hydrogens (tertiary/aromatic N) is 1. The molecule has 0 aliphatic carbocycles. The molecule has 0 saturated carbocycles. The number of rotatable bonds is 6. The summed E-state index contributed by atoms with van der Waals surface area (Å²) < 4.78 is 0. The standard InChI is InChI=1S/C20H34N2.2ClH/c1-5-6-7-8-19(22-15-13-21-14-16-22)17-9-11-18(12-10-17)20(2,3)4;;/h9-12,19,21H,5-8,13-16H2,1-4H3;2*1H/t19-;;/m0../s1. The van der Waals surface area contributed by atoms with Gasteiger partial charge in [-0.05, 0) is 23.0 Å². The molecule has 0 bridgehead atoms. The number of hydrogen-bond donors (Lipinski definition) is 1. The molecule has 1 fully saturated rings. The van der Waals surface area contributed by atoms with Crippen molar-refractivity contribution in [3.63, 3.8) is 0 Å². The van der Waals surface area contributed by atoms with E-state index in [1.807, 2.05) is 0 Å². The number of unbranched alkanes of at least 4 members (excludes halogenated alkanes) is 2. The van der Waals surface area contributed by atoms with Crippen LogP contribution in [-0.2, 0) is 5.41 Å². The van der Waals surface area contributed by atoms with Crippen molar-refractivity contribution in [2.75, 3.05) is 26.2 Å². The Hall–Kier alpha value is -0.280. The number of benzene rings is 1. The molecule has 0 aromatic heterocycles. The molecule has 24 heavy (non-hydrogen) atoms. The van der Waals surface area contributed by atoms with Crippen molar-refractivity contribution >= 4 is 24.8 Å². The van der Waals surface area contributed by atoms with Crippen LogP contribution in [0.5, 0.6) is 0 Å². The van der Waals surface area contributed by atoms with Crippen LogP contribution in [0.25, 0.3) is 0 Å². The molecule has 1 atom stereocenters. The van der Waals surface area contributed by atoms with Crippen LogP contribution < -0.4 is 5.32 Å². The number of piperazine rings is 1. The lowest BCUT2D eigenvalue weighted by Crippen LogP contribution is -2.45. The van der Waals surface area contributed by atoms with Gasteiger partial charge >= 0.3 is 0 Å². The first-order chi connectivity index (χ1) is 10.5. The molecule has 0 unspecified atom stereocenters. The summed E-state index contributed by atoms with van der Waals surface area (Å²) in [4.78, 5) is 2.68. The molecule has 1 N–H and O–H groups in total. The first kappa shape index (κ1) is 23.7. The van der Waals surface area contributed by atoms with Gasteiger partial charge in [0.1, 0.15) is 0 Å². The highest BCUT2D eigenvalue weighted by Gasteiger charge is 2.22. The largest absolute Gasteiger partial charge is 0.314 e. The molecule has 0 spiro atoms. The lowest BCUT2D eigenvalue weighted by molar-refractivity contribution is 0.162. The fraction of sp³-hybridized carbons (Fsp3) is 0.700. The van der Waals surface area contributed by atoms with Crippen molar-refractivity contribution in [3.8, 4) is 0 Å². The van der Waals surface area contributed by atoms with Crippen LogP contribution in [-0.4, -0.2) is 31.1 Å². The fourth-order valence-electron chi connectivity index (χ4n) is 3.35. The second-order valence-electron chi connectivity index (χ2n) is 7.67. The van der Waals surface area contributed by atoms with Crippen LogP contribution in [0.3, 0.4) is 0 Å². The average Bonchev–Trinajstić information content (AvgIpc) is 2.52. The maximum Gasteiger partial charge on any atom is 0.0349 e. The van der Waals surface area contributed by atoms with Crippen molar-refractivity contribution in [3.05, 3.63) is 35.4 Å². The van der Waals surface area contributed by atoms with E-state index in [4.69, 9.17) is 0 Å². The van der Waals surface area contributed by atoms with Gasteiger partial charge in [0, 0.05) is 32.2 Å².